The molecule has 0 aromatic carbocycles. The summed E-state index contributed by atoms with van der Waals surface area (Å²) in [6.07, 6.45) is 4.49. The summed E-state index contributed by atoms with van der Waals surface area (Å²) < 4.78 is 5.84. The molecule has 0 bridgehead atoms. The lowest BCUT2D eigenvalue weighted by molar-refractivity contribution is -0.109. The van der Waals surface area contributed by atoms with E-state index in [0.29, 0.717) is 18.2 Å². The summed E-state index contributed by atoms with van der Waals surface area (Å²) in [5.41, 5.74) is 0. The molecule has 0 unspecified atom stereocenters. The molecule has 3 rings (SSSR count). The molecular formula is C10H18N2O. The minimum atomic E-state index is 0.528. The molecule has 2 saturated heterocycles. The number of piperazine rings is 1. The third-order valence-electron chi connectivity index (χ3n) is 3.73. The van der Waals surface area contributed by atoms with Crippen LogP contribution >= 0.6 is 0 Å². The Morgan fingerprint density at radius 1 is 1.23 bits per heavy atom. The molecular weight excluding hydrogens is 164 g/mol. The van der Waals surface area contributed by atoms with E-state index in [1.165, 1.54) is 32.4 Å². The van der Waals surface area contributed by atoms with Gasteiger partial charge >= 0.3 is 0 Å². The van der Waals surface area contributed by atoms with E-state index in [1.807, 2.05) is 0 Å². The van der Waals surface area contributed by atoms with Crippen LogP contribution in [0.5, 0.6) is 0 Å². The van der Waals surface area contributed by atoms with E-state index in [2.05, 4.69) is 10.2 Å². The lowest BCUT2D eigenvalue weighted by Gasteiger charge is -2.51. The maximum Gasteiger partial charge on any atom is 0.0746 e. The first-order valence-corrected chi connectivity index (χ1v) is 5.54. The summed E-state index contributed by atoms with van der Waals surface area (Å²) in [4.78, 5) is 2.63. The van der Waals surface area contributed by atoms with Crippen LogP contribution in [0.25, 0.3) is 0 Å². The van der Waals surface area contributed by atoms with Gasteiger partial charge in [0, 0.05) is 25.7 Å². The monoisotopic (exact) mass is 182 g/mol. The Hall–Kier alpha value is -0.120. The molecule has 3 fully saturated rings. The van der Waals surface area contributed by atoms with Crippen molar-refractivity contribution in [3.8, 4) is 0 Å². The average molecular weight is 182 g/mol. The number of ether oxygens (including phenoxy) is 1. The molecule has 2 heterocycles. The largest absolute Gasteiger partial charge is 0.375 e. The van der Waals surface area contributed by atoms with Crippen molar-refractivity contribution in [1.82, 2.24) is 10.2 Å². The Labute approximate surface area is 79.4 Å². The van der Waals surface area contributed by atoms with Gasteiger partial charge in [0.2, 0.25) is 0 Å². The molecule has 1 N–H and O–H groups in total. The molecule has 0 aromatic heterocycles. The van der Waals surface area contributed by atoms with E-state index >= 15 is 0 Å². The third-order valence-corrected chi connectivity index (χ3v) is 3.73. The summed E-state index contributed by atoms with van der Waals surface area (Å²) in [6.45, 7) is 4.50. The number of hydrogen-bond donors (Lipinski definition) is 1. The molecule has 3 nitrogen and oxygen atoms in total. The Morgan fingerprint density at radius 3 is 3.23 bits per heavy atom. The smallest absolute Gasteiger partial charge is 0.0746 e. The molecule has 1 aliphatic carbocycles. The van der Waals surface area contributed by atoms with Crippen molar-refractivity contribution < 1.29 is 4.74 Å². The van der Waals surface area contributed by atoms with Gasteiger partial charge in [-0.15, -0.1) is 0 Å². The zero-order valence-electron chi connectivity index (χ0n) is 8.04. The molecule has 0 amide bonds. The lowest BCUT2D eigenvalue weighted by atomic mass is 9.84. The third kappa shape index (κ3) is 1.30. The Kier molecular flexibility index (Phi) is 2.04. The van der Waals surface area contributed by atoms with Gasteiger partial charge in [-0.1, -0.05) is 0 Å². The number of hydrogen-bond acceptors (Lipinski definition) is 3. The van der Waals surface area contributed by atoms with Gasteiger partial charge in [-0.05, 0) is 19.3 Å². The minimum absolute atomic E-state index is 0.528. The number of morpholine rings is 1. The number of nitrogens with zero attached hydrogens (tertiary/aromatic N) is 1. The molecule has 2 aliphatic heterocycles. The SMILES string of the molecule is C1C[C@@H]2OCCN3CCN[C@H](C1)[C@H]23. The van der Waals surface area contributed by atoms with Crippen molar-refractivity contribution in [2.75, 3.05) is 26.2 Å². The quantitative estimate of drug-likeness (QED) is 0.579. The Morgan fingerprint density at radius 2 is 2.23 bits per heavy atom. The summed E-state index contributed by atoms with van der Waals surface area (Å²) in [5.74, 6) is 0. The predicted octanol–water partition coefficient (Wildman–Crippen LogP) is 0.212. The first-order valence-electron chi connectivity index (χ1n) is 5.54. The van der Waals surface area contributed by atoms with E-state index in [1.54, 1.807) is 0 Å². The molecule has 74 valence electrons. The van der Waals surface area contributed by atoms with Gasteiger partial charge in [0.05, 0.1) is 18.8 Å². The van der Waals surface area contributed by atoms with E-state index in [-0.39, 0.29) is 0 Å². The predicted molar refractivity (Wildman–Crippen MR) is 50.7 cm³/mol. The molecule has 1 saturated carbocycles. The summed E-state index contributed by atoms with van der Waals surface area (Å²) in [5, 5.41) is 3.63. The van der Waals surface area contributed by atoms with Crippen LogP contribution in [0, 0.1) is 0 Å². The van der Waals surface area contributed by atoms with Crippen LogP contribution in [-0.4, -0.2) is 49.3 Å². The lowest BCUT2D eigenvalue weighted by Crippen LogP contribution is -2.67. The van der Waals surface area contributed by atoms with Gasteiger partial charge in [0.1, 0.15) is 0 Å². The fraction of sp³-hybridized carbons (Fsp3) is 1.00. The van der Waals surface area contributed by atoms with Crippen molar-refractivity contribution in [2.24, 2.45) is 0 Å². The number of nitrogens with one attached hydrogen (secondary N) is 1. The topological polar surface area (TPSA) is 24.5 Å². The van der Waals surface area contributed by atoms with Gasteiger partial charge in [-0.3, -0.25) is 4.90 Å². The Balaban J connectivity index is 1.82. The van der Waals surface area contributed by atoms with Gasteiger partial charge in [-0.2, -0.15) is 0 Å². The normalized spacial score (nSPS) is 45.7. The van der Waals surface area contributed by atoms with E-state index < -0.39 is 0 Å². The van der Waals surface area contributed by atoms with Gasteiger partial charge in [-0.25, -0.2) is 0 Å². The van der Waals surface area contributed by atoms with Crippen LogP contribution in [-0.2, 0) is 4.74 Å². The maximum atomic E-state index is 5.84. The van der Waals surface area contributed by atoms with Crippen LogP contribution in [0.3, 0.4) is 0 Å². The molecule has 3 aliphatic rings. The first-order chi connectivity index (χ1) is 6.45. The number of rotatable bonds is 0. The van der Waals surface area contributed by atoms with Gasteiger partial charge in [0.15, 0.2) is 0 Å². The second-order valence-electron chi connectivity index (χ2n) is 4.43. The van der Waals surface area contributed by atoms with Crippen LogP contribution in [0.2, 0.25) is 0 Å². The molecule has 0 aromatic rings. The Bertz CT molecular complexity index is 152. The van der Waals surface area contributed by atoms with Crippen molar-refractivity contribution >= 4 is 0 Å². The first kappa shape index (κ1) is 8.21. The van der Waals surface area contributed by atoms with Crippen LogP contribution in [0.1, 0.15) is 19.3 Å². The fourth-order valence-corrected chi connectivity index (χ4v) is 3.16. The van der Waals surface area contributed by atoms with Crippen molar-refractivity contribution in [3.63, 3.8) is 0 Å². The van der Waals surface area contributed by atoms with Crippen molar-refractivity contribution in [3.05, 3.63) is 0 Å². The average Bonchev–Trinajstić information content (AvgIpc) is 2.19. The molecule has 13 heavy (non-hydrogen) atoms. The highest BCUT2D eigenvalue weighted by atomic mass is 16.5. The maximum absolute atomic E-state index is 5.84. The highest BCUT2D eigenvalue weighted by molar-refractivity contribution is 4.99. The van der Waals surface area contributed by atoms with Crippen LogP contribution in [0.4, 0.5) is 0 Å². The second kappa shape index (κ2) is 3.23. The summed E-state index contributed by atoms with van der Waals surface area (Å²) >= 11 is 0. The highest BCUT2D eigenvalue weighted by Crippen LogP contribution is 2.30. The fourth-order valence-electron chi connectivity index (χ4n) is 3.16. The zero-order valence-corrected chi connectivity index (χ0v) is 8.04. The molecule has 0 spiro atoms. The summed E-state index contributed by atoms with van der Waals surface area (Å²) in [6, 6.07) is 1.41. The second-order valence-corrected chi connectivity index (χ2v) is 4.43. The van der Waals surface area contributed by atoms with Crippen molar-refractivity contribution in [1.29, 1.82) is 0 Å². The molecule has 0 radical (unpaired) electrons. The van der Waals surface area contributed by atoms with E-state index in [9.17, 15) is 0 Å². The minimum Gasteiger partial charge on any atom is -0.375 e. The molecule has 3 heteroatoms. The molecule has 3 atom stereocenters. The van der Waals surface area contributed by atoms with Gasteiger partial charge < -0.3 is 10.1 Å². The van der Waals surface area contributed by atoms with Crippen molar-refractivity contribution in [2.45, 2.75) is 37.5 Å². The standard InChI is InChI=1S/C10H18N2O/c1-2-8-10-9(3-1)13-7-6-12(10)5-4-11-8/h8-11H,1-7H2/t8-,9+,10-/m1/s1. The van der Waals surface area contributed by atoms with Crippen LogP contribution < -0.4 is 5.32 Å². The highest BCUT2D eigenvalue weighted by Gasteiger charge is 2.41. The summed E-state index contributed by atoms with van der Waals surface area (Å²) in [7, 11) is 0. The van der Waals surface area contributed by atoms with Crippen LogP contribution in [0.15, 0.2) is 0 Å². The zero-order chi connectivity index (χ0) is 8.67. The van der Waals surface area contributed by atoms with E-state index in [4.69, 9.17) is 4.74 Å². The van der Waals surface area contributed by atoms with E-state index in [0.717, 1.165) is 13.2 Å². The van der Waals surface area contributed by atoms with Gasteiger partial charge in [0.25, 0.3) is 0 Å².